The molecule has 2 fully saturated rings. The molecule has 0 radical (unpaired) electrons. The zero-order valence-corrected chi connectivity index (χ0v) is 11.7. The molecule has 102 valence electrons. The molecule has 1 amide bonds. The summed E-state index contributed by atoms with van der Waals surface area (Å²) < 4.78 is 0. The molecule has 3 rings (SSSR count). The summed E-state index contributed by atoms with van der Waals surface area (Å²) in [6.07, 6.45) is 6.57. The molecule has 2 aliphatic carbocycles. The summed E-state index contributed by atoms with van der Waals surface area (Å²) >= 11 is 6.05. The molecule has 1 aromatic heterocycles. The molecule has 0 spiro atoms. The van der Waals surface area contributed by atoms with Crippen LogP contribution in [-0.4, -0.2) is 24.0 Å². The lowest BCUT2D eigenvalue weighted by Gasteiger charge is -2.17. The minimum atomic E-state index is -0.0548. The SMILES string of the molecule is CNc1ncc(C(=O)NC(C2CC2)C2CC2)cc1Cl. The highest BCUT2D eigenvalue weighted by Crippen LogP contribution is 2.44. The van der Waals surface area contributed by atoms with Crippen LogP contribution in [0.25, 0.3) is 0 Å². The van der Waals surface area contributed by atoms with Gasteiger partial charge >= 0.3 is 0 Å². The highest BCUT2D eigenvalue weighted by atomic mass is 35.5. The first-order valence-electron chi connectivity index (χ1n) is 6.83. The number of hydrogen-bond acceptors (Lipinski definition) is 3. The van der Waals surface area contributed by atoms with Crippen molar-refractivity contribution in [3.8, 4) is 0 Å². The third kappa shape index (κ3) is 2.84. The number of hydrogen-bond donors (Lipinski definition) is 2. The number of amides is 1. The fourth-order valence-electron chi connectivity index (χ4n) is 2.51. The Morgan fingerprint density at radius 1 is 1.37 bits per heavy atom. The standard InChI is InChI=1S/C14H18ClN3O/c1-16-13-11(15)6-10(7-17-13)14(19)18-12(8-2-3-8)9-4-5-9/h6-9,12H,2-5H2,1H3,(H,16,17)(H,18,19). The second kappa shape index (κ2) is 5.00. The van der Waals surface area contributed by atoms with Gasteiger partial charge in [0, 0.05) is 19.3 Å². The maximum absolute atomic E-state index is 12.2. The smallest absolute Gasteiger partial charge is 0.253 e. The van der Waals surface area contributed by atoms with Crippen LogP contribution in [0.1, 0.15) is 36.0 Å². The normalized spacial score (nSPS) is 18.5. The van der Waals surface area contributed by atoms with E-state index in [4.69, 9.17) is 11.6 Å². The molecule has 4 nitrogen and oxygen atoms in total. The van der Waals surface area contributed by atoms with Crippen molar-refractivity contribution < 1.29 is 4.79 Å². The second-order valence-corrected chi connectivity index (χ2v) is 5.89. The van der Waals surface area contributed by atoms with E-state index in [2.05, 4.69) is 15.6 Å². The van der Waals surface area contributed by atoms with Crippen molar-refractivity contribution in [2.75, 3.05) is 12.4 Å². The van der Waals surface area contributed by atoms with Crippen LogP contribution in [0.3, 0.4) is 0 Å². The molecule has 0 unspecified atom stereocenters. The average molecular weight is 280 g/mol. The number of halogens is 1. The Morgan fingerprint density at radius 3 is 2.47 bits per heavy atom. The van der Waals surface area contributed by atoms with Gasteiger partial charge in [0.1, 0.15) is 5.82 Å². The molecule has 1 aromatic rings. The van der Waals surface area contributed by atoms with Crippen molar-refractivity contribution >= 4 is 23.3 Å². The van der Waals surface area contributed by atoms with Gasteiger partial charge in [-0.05, 0) is 43.6 Å². The van der Waals surface area contributed by atoms with Crippen LogP contribution in [-0.2, 0) is 0 Å². The van der Waals surface area contributed by atoms with E-state index < -0.39 is 0 Å². The van der Waals surface area contributed by atoms with E-state index in [1.54, 1.807) is 19.3 Å². The number of rotatable bonds is 5. The monoisotopic (exact) mass is 279 g/mol. The summed E-state index contributed by atoms with van der Waals surface area (Å²) in [6.45, 7) is 0. The number of carbonyl (C=O) groups is 1. The molecule has 0 aliphatic heterocycles. The predicted octanol–water partition coefficient (Wildman–Crippen LogP) is 2.70. The number of aromatic nitrogens is 1. The van der Waals surface area contributed by atoms with Crippen LogP contribution >= 0.6 is 11.6 Å². The molecule has 5 heteroatoms. The summed E-state index contributed by atoms with van der Waals surface area (Å²) in [5, 5.41) is 6.52. The Hall–Kier alpha value is -1.29. The van der Waals surface area contributed by atoms with E-state index in [0.717, 1.165) is 0 Å². The van der Waals surface area contributed by atoms with Crippen molar-refractivity contribution in [3.05, 3.63) is 22.8 Å². The van der Waals surface area contributed by atoms with E-state index in [-0.39, 0.29) is 5.91 Å². The van der Waals surface area contributed by atoms with E-state index in [0.29, 0.717) is 34.3 Å². The van der Waals surface area contributed by atoms with Gasteiger partial charge in [0.2, 0.25) is 0 Å². The first-order chi connectivity index (χ1) is 9.19. The number of pyridine rings is 1. The number of nitrogens with zero attached hydrogens (tertiary/aromatic N) is 1. The Labute approximate surface area is 117 Å². The lowest BCUT2D eigenvalue weighted by atomic mass is 10.1. The van der Waals surface area contributed by atoms with Gasteiger partial charge < -0.3 is 10.6 Å². The van der Waals surface area contributed by atoms with E-state index in [9.17, 15) is 4.79 Å². The van der Waals surface area contributed by atoms with Crippen molar-refractivity contribution in [2.45, 2.75) is 31.7 Å². The Balaban J connectivity index is 1.70. The van der Waals surface area contributed by atoms with Crippen LogP contribution in [0, 0.1) is 11.8 Å². The Morgan fingerprint density at radius 2 is 2.00 bits per heavy atom. The minimum Gasteiger partial charge on any atom is -0.372 e. The van der Waals surface area contributed by atoms with E-state index in [1.807, 2.05) is 0 Å². The summed E-state index contributed by atoms with van der Waals surface area (Å²) in [7, 11) is 1.75. The zero-order chi connectivity index (χ0) is 13.4. The summed E-state index contributed by atoms with van der Waals surface area (Å²) in [5.74, 6) is 1.92. The molecule has 19 heavy (non-hydrogen) atoms. The van der Waals surface area contributed by atoms with Crippen molar-refractivity contribution in [3.63, 3.8) is 0 Å². The molecule has 1 heterocycles. The van der Waals surface area contributed by atoms with E-state index >= 15 is 0 Å². The van der Waals surface area contributed by atoms with Gasteiger partial charge in [-0.2, -0.15) is 0 Å². The summed E-state index contributed by atoms with van der Waals surface area (Å²) in [5.41, 5.74) is 0.537. The molecular formula is C14H18ClN3O. The van der Waals surface area contributed by atoms with Crippen LogP contribution in [0.15, 0.2) is 12.3 Å². The van der Waals surface area contributed by atoms with Gasteiger partial charge in [0.25, 0.3) is 5.91 Å². The summed E-state index contributed by atoms with van der Waals surface area (Å²) in [6, 6.07) is 2.03. The van der Waals surface area contributed by atoms with Crippen LogP contribution in [0.2, 0.25) is 5.02 Å². The van der Waals surface area contributed by atoms with Crippen molar-refractivity contribution in [1.29, 1.82) is 0 Å². The maximum atomic E-state index is 12.2. The molecular weight excluding hydrogens is 262 g/mol. The third-order valence-corrected chi connectivity index (χ3v) is 4.19. The second-order valence-electron chi connectivity index (χ2n) is 5.48. The largest absolute Gasteiger partial charge is 0.372 e. The van der Waals surface area contributed by atoms with Gasteiger partial charge in [-0.15, -0.1) is 0 Å². The minimum absolute atomic E-state index is 0.0548. The quantitative estimate of drug-likeness (QED) is 0.871. The maximum Gasteiger partial charge on any atom is 0.253 e. The molecule has 0 bridgehead atoms. The first kappa shape index (κ1) is 12.7. The Kier molecular flexibility index (Phi) is 3.35. The molecule has 0 aromatic carbocycles. The van der Waals surface area contributed by atoms with E-state index in [1.165, 1.54) is 25.7 Å². The molecule has 2 N–H and O–H groups in total. The van der Waals surface area contributed by atoms with Crippen molar-refractivity contribution in [2.24, 2.45) is 11.8 Å². The molecule has 2 aliphatic rings. The Bertz CT molecular complexity index is 485. The predicted molar refractivity (Wildman–Crippen MR) is 75.5 cm³/mol. The molecule has 0 atom stereocenters. The highest BCUT2D eigenvalue weighted by molar-refractivity contribution is 6.33. The zero-order valence-electron chi connectivity index (χ0n) is 10.9. The first-order valence-corrected chi connectivity index (χ1v) is 7.21. The molecule has 2 saturated carbocycles. The fraction of sp³-hybridized carbons (Fsp3) is 0.571. The number of nitrogens with one attached hydrogen (secondary N) is 2. The topological polar surface area (TPSA) is 54.0 Å². The van der Waals surface area contributed by atoms with Crippen LogP contribution in [0.5, 0.6) is 0 Å². The number of carbonyl (C=O) groups excluding carboxylic acids is 1. The van der Waals surface area contributed by atoms with Crippen LogP contribution in [0.4, 0.5) is 5.82 Å². The van der Waals surface area contributed by atoms with Gasteiger partial charge in [-0.3, -0.25) is 4.79 Å². The number of anilines is 1. The molecule has 0 saturated heterocycles. The highest BCUT2D eigenvalue weighted by Gasteiger charge is 2.42. The fourth-order valence-corrected chi connectivity index (χ4v) is 2.77. The van der Waals surface area contributed by atoms with Crippen LogP contribution < -0.4 is 10.6 Å². The van der Waals surface area contributed by atoms with Gasteiger partial charge in [-0.1, -0.05) is 11.6 Å². The lowest BCUT2D eigenvalue weighted by molar-refractivity contribution is 0.0926. The van der Waals surface area contributed by atoms with Crippen molar-refractivity contribution in [1.82, 2.24) is 10.3 Å². The van der Waals surface area contributed by atoms with Gasteiger partial charge in [-0.25, -0.2) is 4.98 Å². The van der Waals surface area contributed by atoms with Gasteiger partial charge in [0.15, 0.2) is 0 Å². The lowest BCUT2D eigenvalue weighted by Crippen LogP contribution is -2.38. The average Bonchev–Trinajstić information content (AvgIpc) is 3.29. The third-order valence-electron chi connectivity index (χ3n) is 3.90. The van der Waals surface area contributed by atoms with Gasteiger partial charge in [0.05, 0.1) is 10.6 Å². The summed E-state index contributed by atoms with van der Waals surface area (Å²) in [4.78, 5) is 16.4.